The van der Waals surface area contributed by atoms with E-state index >= 15 is 0 Å². The number of rotatable bonds is 4. The van der Waals surface area contributed by atoms with E-state index in [1.165, 1.54) is 0 Å². The molecule has 0 aliphatic carbocycles. The number of aromatic nitrogens is 2. The molecule has 0 aliphatic rings. The fourth-order valence-electron chi connectivity index (χ4n) is 1.29. The maximum atomic E-state index is 5.87. The maximum absolute atomic E-state index is 5.87. The molecule has 18 heavy (non-hydrogen) atoms. The molecule has 0 saturated carbocycles. The average Bonchev–Trinajstić information content (AvgIpc) is 2.80. The third-order valence-corrected chi connectivity index (χ3v) is 3.31. The van der Waals surface area contributed by atoms with Crippen molar-refractivity contribution < 1.29 is 4.42 Å². The molecule has 1 unspecified atom stereocenters. The summed E-state index contributed by atoms with van der Waals surface area (Å²) in [5, 5.41) is 14.6. The minimum absolute atomic E-state index is 0.0155. The summed E-state index contributed by atoms with van der Waals surface area (Å²) in [6.45, 7) is 1.94. The number of benzene rings is 1. The summed E-state index contributed by atoms with van der Waals surface area (Å²) in [5.74, 6) is 0.532. The highest BCUT2D eigenvalue weighted by molar-refractivity contribution is 9.10. The van der Waals surface area contributed by atoms with Gasteiger partial charge in [-0.05, 0) is 48.1 Å². The minimum Gasteiger partial charge on any atom is -0.406 e. The lowest BCUT2D eigenvalue weighted by Gasteiger charge is -2.05. The normalized spacial score (nSPS) is 12.4. The molecule has 96 valence electrons. The number of hydrogen-bond donors (Lipinski definition) is 2. The Morgan fingerprint density at radius 3 is 2.83 bits per heavy atom. The molecule has 0 amide bonds. The van der Waals surface area contributed by atoms with Crippen LogP contribution < -0.4 is 10.6 Å². The Labute approximate surface area is 118 Å². The SMILES string of the molecule is CNC(C)c1nnc(Nc2ccc(Cl)cc2Br)o1. The highest BCUT2D eigenvalue weighted by atomic mass is 79.9. The zero-order chi connectivity index (χ0) is 13.1. The molecule has 1 aromatic heterocycles. The second-order valence-corrected chi connectivity index (χ2v) is 5.00. The van der Waals surface area contributed by atoms with Crippen LogP contribution in [0, 0.1) is 0 Å². The van der Waals surface area contributed by atoms with Gasteiger partial charge in [-0.1, -0.05) is 16.7 Å². The van der Waals surface area contributed by atoms with Crippen molar-refractivity contribution >= 4 is 39.2 Å². The van der Waals surface area contributed by atoms with E-state index in [9.17, 15) is 0 Å². The van der Waals surface area contributed by atoms with E-state index in [1.54, 1.807) is 12.1 Å². The number of halogens is 2. The van der Waals surface area contributed by atoms with Crippen molar-refractivity contribution in [2.45, 2.75) is 13.0 Å². The number of hydrogen-bond acceptors (Lipinski definition) is 5. The van der Waals surface area contributed by atoms with Gasteiger partial charge in [-0.15, -0.1) is 5.10 Å². The molecule has 2 N–H and O–H groups in total. The summed E-state index contributed by atoms with van der Waals surface area (Å²) in [7, 11) is 1.83. The fourth-order valence-corrected chi connectivity index (χ4v) is 2.07. The first-order valence-electron chi connectivity index (χ1n) is 5.33. The first-order valence-corrected chi connectivity index (χ1v) is 6.50. The highest BCUT2D eigenvalue weighted by Gasteiger charge is 2.12. The van der Waals surface area contributed by atoms with E-state index < -0.39 is 0 Å². The zero-order valence-electron chi connectivity index (χ0n) is 9.87. The van der Waals surface area contributed by atoms with Crippen molar-refractivity contribution in [1.29, 1.82) is 0 Å². The van der Waals surface area contributed by atoms with Gasteiger partial charge in [-0.3, -0.25) is 0 Å². The first-order chi connectivity index (χ1) is 8.60. The summed E-state index contributed by atoms with van der Waals surface area (Å²) in [5.41, 5.74) is 0.812. The molecule has 2 aromatic rings. The molecule has 2 rings (SSSR count). The molecular weight excluding hydrogens is 320 g/mol. The van der Waals surface area contributed by atoms with Gasteiger partial charge in [0, 0.05) is 9.50 Å². The van der Waals surface area contributed by atoms with Gasteiger partial charge in [0.2, 0.25) is 5.89 Å². The molecule has 0 saturated heterocycles. The van der Waals surface area contributed by atoms with E-state index in [0.717, 1.165) is 10.2 Å². The Balaban J connectivity index is 2.16. The minimum atomic E-state index is 0.0155. The van der Waals surface area contributed by atoms with Crippen LogP contribution in [0.15, 0.2) is 27.1 Å². The predicted octanol–water partition coefficient (Wildman–Crippen LogP) is 3.51. The van der Waals surface area contributed by atoms with Crippen LogP contribution >= 0.6 is 27.5 Å². The van der Waals surface area contributed by atoms with Crippen molar-refractivity contribution in [3.63, 3.8) is 0 Å². The average molecular weight is 332 g/mol. The summed E-state index contributed by atoms with van der Waals surface area (Å²) in [6, 6.07) is 5.76. The maximum Gasteiger partial charge on any atom is 0.320 e. The molecule has 0 aliphatic heterocycles. The van der Waals surface area contributed by atoms with E-state index in [2.05, 4.69) is 36.8 Å². The van der Waals surface area contributed by atoms with Gasteiger partial charge >= 0.3 is 6.01 Å². The summed E-state index contributed by atoms with van der Waals surface area (Å²) >= 11 is 9.27. The van der Waals surface area contributed by atoms with Crippen molar-refractivity contribution in [2.24, 2.45) is 0 Å². The van der Waals surface area contributed by atoms with Crippen LogP contribution in [0.1, 0.15) is 18.9 Å². The molecule has 0 fully saturated rings. The van der Waals surface area contributed by atoms with Crippen molar-refractivity contribution in [1.82, 2.24) is 15.5 Å². The van der Waals surface area contributed by atoms with Crippen molar-refractivity contribution in [3.05, 3.63) is 33.6 Å². The van der Waals surface area contributed by atoms with Crippen molar-refractivity contribution in [3.8, 4) is 0 Å². The Morgan fingerprint density at radius 2 is 2.17 bits per heavy atom. The Bertz CT molecular complexity index is 546. The Morgan fingerprint density at radius 1 is 1.39 bits per heavy atom. The standard InChI is InChI=1S/C11H12BrClN4O/c1-6(14-2)10-16-17-11(18-10)15-9-4-3-7(13)5-8(9)12/h3-6,14H,1-2H3,(H,15,17). The summed E-state index contributed by atoms with van der Waals surface area (Å²) < 4.78 is 6.31. The first kappa shape index (κ1) is 13.3. The lowest BCUT2D eigenvalue weighted by Crippen LogP contribution is -2.12. The van der Waals surface area contributed by atoms with Crippen LogP contribution in [-0.4, -0.2) is 17.2 Å². The molecule has 1 aromatic carbocycles. The number of anilines is 2. The van der Waals surface area contributed by atoms with Crippen molar-refractivity contribution in [2.75, 3.05) is 12.4 Å². The highest BCUT2D eigenvalue weighted by Crippen LogP contribution is 2.28. The molecular formula is C11H12BrClN4O. The molecule has 7 heteroatoms. The molecule has 1 heterocycles. The second kappa shape index (κ2) is 5.69. The number of nitrogens with one attached hydrogen (secondary N) is 2. The monoisotopic (exact) mass is 330 g/mol. The lowest BCUT2D eigenvalue weighted by molar-refractivity contribution is 0.443. The van der Waals surface area contributed by atoms with Gasteiger partial charge in [0.15, 0.2) is 0 Å². The Hall–Kier alpha value is -1.11. The van der Waals surface area contributed by atoms with E-state index in [0.29, 0.717) is 16.9 Å². The smallest absolute Gasteiger partial charge is 0.320 e. The predicted molar refractivity (Wildman–Crippen MR) is 74.2 cm³/mol. The van der Waals surface area contributed by atoms with E-state index in [1.807, 2.05) is 20.0 Å². The summed E-state index contributed by atoms with van der Waals surface area (Å²) in [4.78, 5) is 0. The van der Waals surface area contributed by atoms with Gasteiger partial charge in [0.25, 0.3) is 0 Å². The molecule has 0 radical (unpaired) electrons. The third-order valence-electron chi connectivity index (χ3n) is 2.42. The van der Waals surface area contributed by atoms with E-state index in [-0.39, 0.29) is 6.04 Å². The van der Waals surface area contributed by atoms with Crippen LogP contribution in [0.2, 0.25) is 5.02 Å². The van der Waals surface area contributed by atoms with Crippen LogP contribution in [0.5, 0.6) is 0 Å². The third kappa shape index (κ3) is 3.01. The second-order valence-electron chi connectivity index (χ2n) is 3.70. The Kier molecular flexibility index (Phi) is 4.21. The molecule has 0 bridgehead atoms. The van der Waals surface area contributed by atoms with Gasteiger partial charge < -0.3 is 15.1 Å². The largest absolute Gasteiger partial charge is 0.406 e. The topological polar surface area (TPSA) is 63.0 Å². The van der Waals surface area contributed by atoms with E-state index in [4.69, 9.17) is 16.0 Å². The lowest BCUT2D eigenvalue weighted by atomic mass is 10.3. The summed E-state index contributed by atoms with van der Waals surface area (Å²) in [6.07, 6.45) is 0. The van der Waals surface area contributed by atoms with Crippen LogP contribution in [0.4, 0.5) is 11.7 Å². The van der Waals surface area contributed by atoms with Crippen LogP contribution in [-0.2, 0) is 0 Å². The van der Waals surface area contributed by atoms with Gasteiger partial charge in [-0.25, -0.2) is 0 Å². The molecule has 1 atom stereocenters. The quantitative estimate of drug-likeness (QED) is 0.897. The van der Waals surface area contributed by atoms with Gasteiger partial charge in [0.05, 0.1) is 11.7 Å². The number of nitrogens with zero attached hydrogens (tertiary/aromatic N) is 2. The fraction of sp³-hybridized carbons (Fsp3) is 0.273. The van der Waals surface area contributed by atoms with Crippen LogP contribution in [0.25, 0.3) is 0 Å². The molecule has 5 nitrogen and oxygen atoms in total. The van der Waals surface area contributed by atoms with Gasteiger partial charge in [0.1, 0.15) is 0 Å². The zero-order valence-corrected chi connectivity index (χ0v) is 12.2. The van der Waals surface area contributed by atoms with Gasteiger partial charge in [-0.2, -0.15) is 0 Å². The molecule has 0 spiro atoms. The van der Waals surface area contributed by atoms with Crippen LogP contribution in [0.3, 0.4) is 0 Å².